The standard InChI is InChI=1S/C26H24ClN3O5S/c1-33-20-11-9-17(27)14-19(20)29-26-30-25(32)23(36-26)13-16-8-10-21(22(12-16)34-2)35-15-24(31)28-18-6-4-3-5-7-18/h3-14,26,29H,15H2,1-2H3,(H,28,31)(H,30,32)/b23-13-. The number of amides is 2. The molecule has 4 rings (SSSR count). The molecule has 36 heavy (non-hydrogen) atoms. The van der Waals surface area contributed by atoms with Gasteiger partial charge in [-0.2, -0.15) is 0 Å². The molecule has 186 valence electrons. The first-order chi connectivity index (χ1) is 17.4. The fraction of sp³-hybridized carbons (Fsp3) is 0.154. The Morgan fingerprint density at radius 2 is 1.78 bits per heavy atom. The third-order valence-electron chi connectivity index (χ3n) is 5.08. The predicted octanol–water partition coefficient (Wildman–Crippen LogP) is 4.97. The van der Waals surface area contributed by atoms with Crippen LogP contribution in [0.3, 0.4) is 0 Å². The number of carbonyl (C=O) groups is 2. The van der Waals surface area contributed by atoms with Crippen LogP contribution in [-0.2, 0) is 9.59 Å². The van der Waals surface area contributed by atoms with Crippen LogP contribution >= 0.6 is 23.4 Å². The van der Waals surface area contributed by atoms with E-state index in [0.717, 1.165) is 5.56 Å². The summed E-state index contributed by atoms with van der Waals surface area (Å²) in [4.78, 5) is 25.3. The number of methoxy groups -OCH3 is 2. The number of ether oxygens (including phenoxy) is 3. The quantitative estimate of drug-likeness (QED) is 0.339. The molecule has 3 aromatic rings. The molecule has 2 amide bonds. The van der Waals surface area contributed by atoms with Gasteiger partial charge in [-0.1, -0.05) is 47.6 Å². The Morgan fingerprint density at radius 1 is 1.03 bits per heavy atom. The van der Waals surface area contributed by atoms with Gasteiger partial charge >= 0.3 is 0 Å². The number of anilines is 2. The van der Waals surface area contributed by atoms with Gasteiger partial charge in [-0.3, -0.25) is 9.59 Å². The first-order valence-corrected chi connectivity index (χ1v) is 12.2. The number of rotatable bonds is 9. The van der Waals surface area contributed by atoms with Crippen LogP contribution in [0.25, 0.3) is 6.08 Å². The highest BCUT2D eigenvalue weighted by Gasteiger charge is 2.28. The zero-order chi connectivity index (χ0) is 25.5. The number of thioether (sulfide) groups is 1. The molecule has 1 atom stereocenters. The molecule has 0 saturated carbocycles. The van der Waals surface area contributed by atoms with E-state index >= 15 is 0 Å². The van der Waals surface area contributed by atoms with E-state index in [0.29, 0.717) is 38.6 Å². The van der Waals surface area contributed by atoms with Gasteiger partial charge in [-0.05, 0) is 54.1 Å². The van der Waals surface area contributed by atoms with Gasteiger partial charge in [-0.15, -0.1) is 0 Å². The number of para-hydroxylation sites is 1. The van der Waals surface area contributed by atoms with Crippen LogP contribution in [0.15, 0.2) is 71.6 Å². The van der Waals surface area contributed by atoms with Crippen molar-refractivity contribution >= 4 is 52.6 Å². The van der Waals surface area contributed by atoms with Gasteiger partial charge in [-0.25, -0.2) is 0 Å². The van der Waals surface area contributed by atoms with Crippen LogP contribution in [0.4, 0.5) is 11.4 Å². The Hall–Kier alpha value is -3.82. The highest BCUT2D eigenvalue weighted by molar-refractivity contribution is 8.05. The summed E-state index contributed by atoms with van der Waals surface area (Å²) in [5.41, 5.74) is 1.70. The first-order valence-electron chi connectivity index (χ1n) is 10.9. The van der Waals surface area contributed by atoms with Crippen LogP contribution in [0.5, 0.6) is 17.2 Å². The van der Waals surface area contributed by atoms with E-state index in [-0.39, 0.29) is 18.4 Å². The van der Waals surface area contributed by atoms with E-state index in [9.17, 15) is 9.59 Å². The Bertz CT molecular complexity index is 1290. The number of carbonyl (C=O) groups excluding carboxylic acids is 2. The highest BCUT2D eigenvalue weighted by atomic mass is 35.5. The summed E-state index contributed by atoms with van der Waals surface area (Å²) in [5, 5.41) is 9.42. The molecular formula is C26H24ClN3O5S. The smallest absolute Gasteiger partial charge is 0.262 e. The largest absolute Gasteiger partial charge is 0.495 e. The molecule has 0 aliphatic carbocycles. The van der Waals surface area contributed by atoms with Gasteiger partial charge in [0.25, 0.3) is 11.8 Å². The topological polar surface area (TPSA) is 97.9 Å². The lowest BCUT2D eigenvalue weighted by Crippen LogP contribution is -2.31. The Balaban J connectivity index is 1.40. The van der Waals surface area contributed by atoms with Crippen molar-refractivity contribution in [2.45, 2.75) is 5.50 Å². The minimum Gasteiger partial charge on any atom is -0.495 e. The second kappa shape index (κ2) is 11.7. The predicted molar refractivity (Wildman–Crippen MR) is 143 cm³/mol. The number of hydrogen-bond donors (Lipinski definition) is 3. The Morgan fingerprint density at radius 3 is 2.53 bits per heavy atom. The maximum Gasteiger partial charge on any atom is 0.262 e. The molecule has 0 bridgehead atoms. The molecule has 3 aromatic carbocycles. The summed E-state index contributed by atoms with van der Waals surface area (Å²) in [6.45, 7) is -0.176. The summed E-state index contributed by atoms with van der Waals surface area (Å²) in [7, 11) is 3.08. The van der Waals surface area contributed by atoms with E-state index in [2.05, 4.69) is 16.0 Å². The highest BCUT2D eigenvalue weighted by Crippen LogP contribution is 2.35. The third kappa shape index (κ3) is 6.44. The lowest BCUT2D eigenvalue weighted by atomic mass is 10.2. The Labute approximate surface area is 218 Å². The molecule has 8 nitrogen and oxygen atoms in total. The average Bonchev–Trinajstić information content (AvgIpc) is 3.22. The van der Waals surface area contributed by atoms with Gasteiger partial charge in [0.2, 0.25) is 0 Å². The molecule has 1 fully saturated rings. The van der Waals surface area contributed by atoms with Crippen molar-refractivity contribution < 1.29 is 23.8 Å². The van der Waals surface area contributed by atoms with Crippen molar-refractivity contribution in [3.05, 3.63) is 82.2 Å². The van der Waals surface area contributed by atoms with Crippen molar-refractivity contribution in [1.29, 1.82) is 0 Å². The lowest BCUT2D eigenvalue weighted by molar-refractivity contribution is -0.118. The zero-order valence-corrected chi connectivity index (χ0v) is 21.1. The minimum absolute atomic E-state index is 0.176. The number of hydrogen-bond acceptors (Lipinski definition) is 7. The number of halogens is 1. The van der Waals surface area contributed by atoms with Gasteiger partial charge in [0.15, 0.2) is 23.6 Å². The normalized spacial score (nSPS) is 15.8. The maximum absolute atomic E-state index is 12.6. The summed E-state index contributed by atoms with van der Waals surface area (Å²) in [5.74, 6) is 0.973. The van der Waals surface area contributed by atoms with Gasteiger partial charge < -0.3 is 30.2 Å². The van der Waals surface area contributed by atoms with E-state index in [1.165, 1.54) is 18.9 Å². The molecule has 3 N–H and O–H groups in total. The van der Waals surface area contributed by atoms with Gasteiger partial charge in [0.05, 0.1) is 24.8 Å². The van der Waals surface area contributed by atoms with Crippen molar-refractivity contribution in [1.82, 2.24) is 5.32 Å². The summed E-state index contributed by atoms with van der Waals surface area (Å²) in [6.07, 6.45) is 1.76. The minimum atomic E-state index is -0.399. The SMILES string of the molecule is COc1ccc(Cl)cc1NC1NC(=O)/C(=C/c2ccc(OCC(=O)Nc3ccccc3)c(OC)c2)S1. The van der Waals surface area contributed by atoms with E-state index in [1.807, 2.05) is 18.2 Å². The number of benzene rings is 3. The number of nitrogens with one attached hydrogen (secondary N) is 3. The molecule has 0 aromatic heterocycles. The Kier molecular flexibility index (Phi) is 8.24. The second-order valence-electron chi connectivity index (χ2n) is 7.58. The lowest BCUT2D eigenvalue weighted by Gasteiger charge is -2.15. The summed E-state index contributed by atoms with van der Waals surface area (Å²) >= 11 is 7.43. The van der Waals surface area contributed by atoms with Gasteiger partial charge in [0.1, 0.15) is 5.75 Å². The third-order valence-corrected chi connectivity index (χ3v) is 6.34. The molecule has 1 saturated heterocycles. The fourth-order valence-electron chi connectivity index (χ4n) is 3.41. The van der Waals surface area contributed by atoms with Crippen LogP contribution in [0.2, 0.25) is 5.02 Å². The fourth-order valence-corrected chi connectivity index (χ4v) is 4.55. The van der Waals surface area contributed by atoms with Crippen molar-refractivity contribution in [2.75, 3.05) is 31.5 Å². The molecule has 1 unspecified atom stereocenters. The summed E-state index contributed by atoms with van der Waals surface area (Å²) < 4.78 is 16.4. The van der Waals surface area contributed by atoms with Crippen molar-refractivity contribution in [2.24, 2.45) is 0 Å². The van der Waals surface area contributed by atoms with E-state index in [1.54, 1.807) is 61.7 Å². The molecule has 0 spiro atoms. The molecule has 1 aliphatic rings. The van der Waals surface area contributed by atoms with Crippen LogP contribution in [-0.4, -0.2) is 38.1 Å². The first kappa shape index (κ1) is 25.3. The van der Waals surface area contributed by atoms with Crippen molar-refractivity contribution in [3.63, 3.8) is 0 Å². The zero-order valence-electron chi connectivity index (χ0n) is 19.5. The van der Waals surface area contributed by atoms with Gasteiger partial charge in [0, 0.05) is 10.7 Å². The molecule has 0 radical (unpaired) electrons. The van der Waals surface area contributed by atoms with Crippen LogP contribution in [0.1, 0.15) is 5.56 Å². The van der Waals surface area contributed by atoms with Crippen LogP contribution < -0.4 is 30.2 Å². The molecule has 1 aliphatic heterocycles. The second-order valence-corrected chi connectivity index (χ2v) is 9.17. The maximum atomic E-state index is 12.6. The average molecular weight is 526 g/mol. The van der Waals surface area contributed by atoms with E-state index in [4.69, 9.17) is 25.8 Å². The molecular weight excluding hydrogens is 502 g/mol. The van der Waals surface area contributed by atoms with Crippen molar-refractivity contribution in [3.8, 4) is 17.2 Å². The molecule has 1 heterocycles. The van der Waals surface area contributed by atoms with Crippen LogP contribution in [0, 0.1) is 0 Å². The van der Waals surface area contributed by atoms with E-state index < -0.39 is 5.50 Å². The molecule has 10 heteroatoms. The monoisotopic (exact) mass is 525 g/mol. The summed E-state index contributed by atoms with van der Waals surface area (Å²) in [6, 6.07) is 19.6.